The fourth-order valence-corrected chi connectivity index (χ4v) is 5.44. The van der Waals surface area contributed by atoms with Crippen LogP contribution in [0.3, 0.4) is 0 Å². The number of hydrogen-bond donors (Lipinski definition) is 2. The highest BCUT2D eigenvalue weighted by atomic mass is 19.1. The lowest BCUT2D eigenvalue weighted by molar-refractivity contribution is -0.163. The molecular weight excluding hydrogens is 556 g/mol. The van der Waals surface area contributed by atoms with Crippen molar-refractivity contribution in [2.24, 2.45) is 5.92 Å². The van der Waals surface area contributed by atoms with Crippen LogP contribution in [0.2, 0.25) is 0 Å². The number of benzene rings is 1. The van der Waals surface area contributed by atoms with Crippen molar-refractivity contribution < 1.29 is 47.0 Å². The van der Waals surface area contributed by atoms with Gasteiger partial charge in [-0.3, -0.25) is 9.59 Å². The number of esters is 2. The molecule has 1 heterocycles. The van der Waals surface area contributed by atoms with Crippen molar-refractivity contribution >= 4 is 29.8 Å². The van der Waals surface area contributed by atoms with E-state index in [0.717, 1.165) is 44.9 Å². The number of nitrogens with zero attached hydrogens (tertiary/aromatic N) is 1. The third kappa shape index (κ3) is 9.38. The molecule has 4 atom stereocenters. The second-order valence-electron chi connectivity index (χ2n) is 10.8. The van der Waals surface area contributed by atoms with E-state index in [1.807, 2.05) is 0 Å². The van der Waals surface area contributed by atoms with Crippen LogP contribution in [0.5, 0.6) is 0 Å². The van der Waals surface area contributed by atoms with Crippen LogP contribution in [-0.4, -0.2) is 79.2 Å². The number of ether oxygens (including phenoxy) is 3. The molecule has 3 rings (SSSR count). The number of rotatable bonds is 12. The van der Waals surface area contributed by atoms with E-state index in [0.29, 0.717) is 37.8 Å². The van der Waals surface area contributed by atoms with E-state index >= 15 is 0 Å². The van der Waals surface area contributed by atoms with Crippen molar-refractivity contribution in [3.8, 4) is 0 Å². The van der Waals surface area contributed by atoms with Crippen molar-refractivity contribution in [2.75, 3.05) is 20.3 Å². The summed E-state index contributed by atoms with van der Waals surface area (Å²) in [6.45, 7) is 3.24. The van der Waals surface area contributed by atoms with Gasteiger partial charge in [-0.2, -0.15) is 0 Å². The molecule has 1 unspecified atom stereocenters. The summed E-state index contributed by atoms with van der Waals surface area (Å²) >= 11 is 0. The first-order valence-electron chi connectivity index (χ1n) is 14.2. The lowest BCUT2D eigenvalue weighted by atomic mass is 10.0. The van der Waals surface area contributed by atoms with Gasteiger partial charge in [-0.15, -0.1) is 0 Å². The number of likely N-dealkylation sites (tertiary alicyclic amines) is 1. The van der Waals surface area contributed by atoms with Crippen LogP contribution in [0, 0.1) is 17.6 Å². The molecule has 232 valence electrons. The number of halogens is 2. The standard InChI is InChI=1S/C29H39F2N3O8/c1-17(42-27(37)24-9-6-11-34(24)18(2)35)25(28(38)40-3)33-26(36)23(15-20-13-21(30)16-22(31)14-20)32-29(39)41-12-10-19-7-4-5-8-19/h13-14,16-17,19,23-25H,4-12,15H2,1-3H3,(H,32,39)(H,33,36)/t17-,23-,24?,25-/m0/s1. The second kappa shape index (κ2) is 15.5. The molecular formula is C29H39F2N3O8. The highest BCUT2D eigenvalue weighted by molar-refractivity contribution is 5.90. The van der Waals surface area contributed by atoms with E-state index in [1.165, 1.54) is 18.7 Å². The van der Waals surface area contributed by atoms with E-state index in [9.17, 15) is 32.8 Å². The summed E-state index contributed by atoms with van der Waals surface area (Å²) in [5.74, 6) is -4.16. The molecule has 2 fully saturated rings. The van der Waals surface area contributed by atoms with Crippen LogP contribution in [0.1, 0.15) is 64.4 Å². The summed E-state index contributed by atoms with van der Waals surface area (Å²) in [6, 6.07) is -1.03. The number of methoxy groups -OCH3 is 1. The maximum atomic E-state index is 13.9. The van der Waals surface area contributed by atoms with Crippen molar-refractivity contribution in [3.05, 3.63) is 35.4 Å². The Bertz CT molecular complexity index is 1120. The molecule has 1 saturated heterocycles. The first-order chi connectivity index (χ1) is 20.0. The normalized spacial score (nSPS) is 19.0. The molecule has 1 aromatic carbocycles. The molecule has 2 aliphatic rings. The Morgan fingerprint density at radius 2 is 1.67 bits per heavy atom. The molecule has 2 N–H and O–H groups in total. The van der Waals surface area contributed by atoms with Crippen LogP contribution in [0.4, 0.5) is 13.6 Å². The summed E-state index contributed by atoms with van der Waals surface area (Å²) in [7, 11) is 1.08. The van der Waals surface area contributed by atoms with Gasteiger partial charge in [0.2, 0.25) is 11.8 Å². The summed E-state index contributed by atoms with van der Waals surface area (Å²) in [6.07, 6.45) is 3.58. The minimum absolute atomic E-state index is 0.0681. The number of alkyl carbamates (subject to hydrolysis) is 1. The van der Waals surface area contributed by atoms with Crippen LogP contribution >= 0.6 is 0 Å². The molecule has 0 aromatic heterocycles. The van der Waals surface area contributed by atoms with Crippen molar-refractivity contribution in [2.45, 2.75) is 89.4 Å². The second-order valence-corrected chi connectivity index (χ2v) is 10.8. The van der Waals surface area contributed by atoms with Gasteiger partial charge < -0.3 is 29.7 Å². The van der Waals surface area contributed by atoms with Crippen LogP contribution < -0.4 is 10.6 Å². The Kier molecular flexibility index (Phi) is 12.0. The minimum Gasteiger partial charge on any atom is -0.467 e. The summed E-state index contributed by atoms with van der Waals surface area (Å²) in [5, 5.41) is 4.84. The third-order valence-corrected chi connectivity index (χ3v) is 7.66. The monoisotopic (exact) mass is 595 g/mol. The number of hydrogen-bond acceptors (Lipinski definition) is 8. The molecule has 13 heteroatoms. The average Bonchev–Trinajstić information content (AvgIpc) is 3.63. The average molecular weight is 596 g/mol. The zero-order valence-corrected chi connectivity index (χ0v) is 24.2. The van der Waals surface area contributed by atoms with Crippen LogP contribution in [0.15, 0.2) is 18.2 Å². The third-order valence-electron chi connectivity index (χ3n) is 7.66. The van der Waals surface area contributed by atoms with E-state index in [1.54, 1.807) is 0 Å². The topological polar surface area (TPSA) is 140 Å². The first-order valence-corrected chi connectivity index (χ1v) is 14.2. The van der Waals surface area contributed by atoms with E-state index in [4.69, 9.17) is 14.2 Å². The van der Waals surface area contributed by atoms with Crippen molar-refractivity contribution in [1.29, 1.82) is 0 Å². The van der Waals surface area contributed by atoms with Gasteiger partial charge in [-0.05, 0) is 49.8 Å². The first kappa shape index (κ1) is 32.7. The van der Waals surface area contributed by atoms with Gasteiger partial charge in [0.25, 0.3) is 0 Å². The Hall–Kier alpha value is -3.77. The fraction of sp³-hybridized carbons (Fsp3) is 0.621. The van der Waals surface area contributed by atoms with E-state index in [2.05, 4.69) is 10.6 Å². The maximum absolute atomic E-state index is 13.9. The van der Waals surface area contributed by atoms with Crippen LogP contribution in [0.25, 0.3) is 0 Å². The summed E-state index contributed by atoms with van der Waals surface area (Å²) < 4.78 is 43.2. The van der Waals surface area contributed by atoms with Crippen molar-refractivity contribution in [1.82, 2.24) is 15.5 Å². The minimum atomic E-state index is -1.49. The summed E-state index contributed by atoms with van der Waals surface area (Å²) in [5.41, 5.74) is 0.0681. The van der Waals surface area contributed by atoms with E-state index in [-0.39, 0.29) is 24.5 Å². The molecule has 1 saturated carbocycles. The largest absolute Gasteiger partial charge is 0.467 e. The molecule has 0 radical (unpaired) electrons. The van der Waals surface area contributed by atoms with E-state index < -0.39 is 59.8 Å². The summed E-state index contributed by atoms with van der Waals surface area (Å²) in [4.78, 5) is 64.7. The number of nitrogens with one attached hydrogen (secondary N) is 2. The van der Waals surface area contributed by atoms with Gasteiger partial charge in [0.05, 0.1) is 13.7 Å². The smallest absolute Gasteiger partial charge is 0.407 e. The van der Waals surface area contributed by atoms with Gasteiger partial charge in [-0.1, -0.05) is 25.7 Å². The molecule has 42 heavy (non-hydrogen) atoms. The quantitative estimate of drug-likeness (QED) is 0.278. The van der Waals surface area contributed by atoms with Gasteiger partial charge >= 0.3 is 18.0 Å². The predicted octanol–water partition coefficient (Wildman–Crippen LogP) is 2.78. The fourth-order valence-electron chi connectivity index (χ4n) is 5.44. The molecule has 0 bridgehead atoms. The zero-order chi connectivity index (χ0) is 30.8. The molecule has 3 amide bonds. The molecule has 1 aliphatic heterocycles. The molecule has 11 nitrogen and oxygen atoms in total. The Morgan fingerprint density at radius 3 is 2.29 bits per heavy atom. The van der Waals surface area contributed by atoms with Gasteiger partial charge in [0.15, 0.2) is 6.04 Å². The number of amides is 3. The molecule has 1 aromatic rings. The molecule has 0 spiro atoms. The lowest BCUT2D eigenvalue weighted by Gasteiger charge is -2.28. The Balaban J connectivity index is 1.71. The predicted molar refractivity (Wildman–Crippen MR) is 145 cm³/mol. The maximum Gasteiger partial charge on any atom is 0.407 e. The number of carbonyl (C=O) groups is 5. The van der Waals surface area contributed by atoms with Crippen LogP contribution in [-0.2, 0) is 39.8 Å². The zero-order valence-electron chi connectivity index (χ0n) is 24.2. The van der Waals surface area contributed by atoms with Gasteiger partial charge in [-0.25, -0.2) is 23.2 Å². The Morgan fingerprint density at radius 1 is 1.00 bits per heavy atom. The SMILES string of the molecule is COC(=O)[C@@H](NC(=O)[C@H](Cc1cc(F)cc(F)c1)NC(=O)OCCC1CCCC1)[C@H](C)OC(=O)C1CCCN1C(C)=O. The highest BCUT2D eigenvalue weighted by Gasteiger charge is 2.38. The Labute approximate surface area is 243 Å². The molecule has 1 aliphatic carbocycles. The van der Waals surface area contributed by atoms with Gasteiger partial charge in [0.1, 0.15) is 29.8 Å². The lowest BCUT2D eigenvalue weighted by Crippen LogP contribution is -2.56. The highest BCUT2D eigenvalue weighted by Crippen LogP contribution is 2.27. The van der Waals surface area contributed by atoms with Crippen molar-refractivity contribution in [3.63, 3.8) is 0 Å². The van der Waals surface area contributed by atoms with Gasteiger partial charge in [0, 0.05) is 26.0 Å². The number of carbonyl (C=O) groups excluding carboxylic acids is 5.